The summed E-state index contributed by atoms with van der Waals surface area (Å²) in [6.45, 7) is 3.21. The Morgan fingerprint density at radius 3 is 2.38 bits per heavy atom. The molecular weight excluding hydrogens is 280 g/mol. The average molecular weight is 298 g/mol. The van der Waals surface area contributed by atoms with Gasteiger partial charge in [-0.1, -0.05) is 54.7 Å². The number of carbonyl (C=O) groups excluding carboxylic acids is 1. The van der Waals surface area contributed by atoms with E-state index in [4.69, 9.17) is 18.0 Å². The summed E-state index contributed by atoms with van der Waals surface area (Å²) in [7, 11) is 0. The largest absolute Gasteiger partial charge is 0.389 e. The lowest BCUT2D eigenvalue weighted by Crippen LogP contribution is -2.30. The van der Waals surface area contributed by atoms with Crippen LogP contribution in [-0.4, -0.2) is 22.3 Å². The minimum atomic E-state index is -0.0144. The molecule has 21 heavy (non-hydrogen) atoms. The number of benzene rings is 2. The number of hydrogen-bond donors (Lipinski definition) is 1. The molecule has 0 aliphatic carbocycles. The Morgan fingerprint density at radius 2 is 1.76 bits per heavy atom. The van der Waals surface area contributed by atoms with Gasteiger partial charge in [0.05, 0.1) is 0 Å². The van der Waals surface area contributed by atoms with Crippen molar-refractivity contribution in [2.75, 3.05) is 6.54 Å². The zero-order chi connectivity index (χ0) is 15.2. The van der Waals surface area contributed by atoms with E-state index in [1.165, 1.54) is 0 Å². The summed E-state index contributed by atoms with van der Waals surface area (Å²) in [6.07, 6.45) is 0. The minimum absolute atomic E-state index is 0.0144. The lowest BCUT2D eigenvalue weighted by molar-refractivity contribution is 0.0752. The van der Waals surface area contributed by atoms with Crippen molar-refractivity contribution in [3.8, 4) is 0 Å². The maximum Gasteiger partial charge on any atom is 0.254 e. The Balaban J connectivity index is 2.20. The van der Waals surface area contributed by atoms with Crippen LogP contribution in [0.3, 0.4) is 0 Å². The fourth-order valence-corrected chi connectivity index (χ4v) is 2.25. The molecule has 0 saturated carbocycles. The third kappa shape index (κ3) is 3.89. The van der Waals surface area contributed by atoms with Gasteiger partial charge in [-0.15, -0.1) is 0 Å². The molecule has 0 heterocycles. The number of thiocarbonyl (C=S) groups is 1. The molecule has 0 aliphatic heterocycles. The second kappa shape index (κ2) is 6.99. The van der Waals surface area contributed by atoms with Crippen LogP contribution >= 0.6 is 12.2 Å². The molecule has 2 aromatic carbocycles. The summed E-state index contributed by atoms with van der Waals surface area (Å²) in [4.78, 5) is 14.7. The van der Waals surface area contributed by atoms with Gasteiger partial charge in [0.15, 0.2) is 0 Å². The van der Waals surface area contributed by atoms with E-state index >= 15 is 0 Å². The number of amides is 1. The van der Waals surface area contributed by atoms with Gasteiger partial charge in [-0.05, 0) is 24.6 Å². The molecule has 2 aromatic rings. The molecule has 0 aliphatic rings. The molecule has 1 amide bonds. The summed E-state index contributed by atoms with van der Waals surface area (Å²) < 4.78 is 0. The van der Waals surface area contributed by atoms with Crippen LogP contribution in [0.25, 0.3) is 0 Å². The van der Waals surface area contributed by atoms with Gasteiger partial charge in [-0.2, -0.15) is 0 Å². The van der Waals surface area contributed by atoms with Crippen LogP contribution in [0.1, 0.15) is 28.4 Å². The van der Waals surface area contributed by atoms with Crippen molar-refractivity contribution in [2.24, 2.45) is 5.73 Å². The van der Waals surface area contributed by atoms with Crippen molar-refractivity contribution in [3.05, 3.63) is 71.3 Å². The third-order valence-corrected chi connectivity index (χ3v) is 3.51. The molecule has 0 atom stereocenters. The van der Waals surface area contributed by atoms with Gasteiger partial charge in [-0.3, -0.25) is 4.79 Å². The molecule has 0 unspecified atom stereocenters. The SMILES string of the molecule is CCN(Cc1ccccc1)C(=O)c1cccc(C(N)=S)c1. The summed E-state index contributed by atoms with van der Waals surface area (Å²) in [5, 5.41) is 0. The van der Waals surface area contributed by atoms with E-state index in [-0.39, 0.29) is 5.91 Å². The maximum absolute atomic E-state index is 12.6. The summed E-state index contributed by atoms with van der Waals surface area (Å²) in [5.41, 5.74) is 8.05. The first kappa shape index (κ1) is 15.2. The normalized spacial score (nSPS) is 10.1. The highest BCUT2D eigenvalue weighted by molar-refractivity contribution is 7.80. The second-order valence-corrected chi connectivity index (χ2v) is 5.19. The monoisotopic (exact) mass is 298 g/mol. The number of nitrogens with zero attached hydrogens (tertiary/aromatic N) is 1. The summed E-state index contributed by atoms with van der Waals surface area (Å²) >= 11 is 4.96. The van der Waals surface area contributed by atoms with Crippen molar-refractivity contribution in [3.63, 3.8) is 0 Å². The van der Waals surface area contributed by atoms with Crippen molar-refractivity contribution in [2.45, 2.75) is 13.5 Å². The molecule has 0 aromatic heterocycles. The van der Waals surface area contributed by atoms with Crippen LogP contribution in [0.15, 0.2) is 54.6 Å². The smallest absolute Gasteiger partial charge is 0.254 e. The first-order valence-corrected chi connectivity index (χ1v) is 7.25. The predicted octanol–water partition coefficient (Wildman–Crippen LogP) is 2.98. The van der Waals surface area contributed by atoms with Crippen molar-refractivity contribution < 1.29 is 4.79 Å². The Bertz CT molecular complexity index is 640. The molecule has 108 valence electrons. The fraction of sp³-hybridized carbons (Fsp3) is 0.176. The van der Waals surface area contributed by atoms with Crippen molar-refractivity contribution in [1.82, 2.24) is 4.90 Å². The fourth-order valence-electron chi connectivity index (χ4n) is 2.12. The van der Waals surface area contributed by atoms with E-state index in [0.717, 1.165) is 5.56 Å². The Labute approximate surface area is 130 Å². The number of carbonyl (C=O) groups is 1. The highest BCUT2D eigenvalue weighted by Crippen LogP contribution is 2.12. The molecular formula is C17H18N2OS. The van der Waals surface area contributed by atoms with E-state index < -0.39 is 0 Å². The van der Waals surface area contributed by atoms with Gasteiger partial charge in [0.2, 0.25) is 0 Å². The Morgan fingerprint density at radius 1 is 1.10 bits per heavy atom. The Kier molecular flexibility index (Phi) is 5.06. The number of hydrogen-bond acceptors (Lipinski definition) is 2. The molecule has 3 nitrogen and oxygen atoms in total. The second-order valence-electron chi connectivity index (χ2n) is 4.75. The van der Waals surface area contributed by atoms with Crippen LogP contribution in [0.5, 0.6) is 0 Å². The van der Waals surface area contributed by atoms with E-state index in [1.807, 2.05) is 43.3 Å². The van der Waals surface area contributed by atoms with Crippen LogP contribution < -0.4 is 5.73 Å². The highest BCUT2D eigenvalue weighted by Gasteiger charge is 2.15. The molecule has 2 rings (SSSR count). The van der Waals surface area contributed by atoms with Crippen LogP contribution in [0.4, 0.5) is 0 Å². The zero-order valence-corrected chi connectivity index (χ0v) is 12.8. The third-order valence-electron chi connectivity index (χ3n) is 3.28. The first-order valence-electron chi connectivity index (χ1n) is 6.85. The summed E-state index contributed by atoms with van der Waals surface area (Å²) in [6, 6.07) is 17.1. The molecule has 0 fully saturated rings. The summed E-state index contributed by atoms with van der Waals surface area (Å²) in [5.74, 6) is -0.0144. The predicted molar refractivity (Wildman–Crippen MR) is 89.2 cm³/mol. The van der Waals surface area contributed by atoms with E-state index in [2.05, 4.69) is 0 Å². The van der Waals surface area contributed by atoms with Gasteiger partial charge in [0.1, 0.15) is 4.99 Å². The molecule has 0 saturated heterocycles. The molecule has 4 heteroatoms. The van der Waals surface area contributed by atoms with Crippen LogP contribution in [0, 0.1) is 0 Å². The van der Waals surface area contributed by atoms with Gasteiger partial charge >= 0.3 is 0 Å². The van der Waals surface area contributed by atoms with Gasteiger partial charge < -0.3 is 10.6 Å². The zero-order valence-electron chi connectivity index (χ0n) is 12.0. The van der Waals surface area contributed by atoms with Crippen molar-refractivity contribution >= 4 is 23.1 Å². The standard InChI is InChI=1S/C17H18N2OS/c1-2-19(12-13-7-4-3-5-8-13)17(20)15-10-6-9-14(11-15)16(18)21/h3-11H,2,12H2,1H3,(H2,18,21). The van der Waals surface area contributed by atoms with E-state index in [9.17, 15) is 4.79 Å². The number of nitrogens with two attached hydrogens (primary N) is 1. The highest BCUT2D eigenvalue weighted by atomic mass is 32.1. The topological polar surface area (TPSA) is 46.3 Å². The van der Waals surface area contributed by atoms with Crippen LogP contribution in [-0.2, 0) is 6.54 Å². The van der Waals surface area contributed by atoms with Gasteiger partial charge in [0, 0.05) is 24.2 Å². The quantitative estimate of drug-likeness (QED) is 0.863. The van der Waals surface area contributed by atoms with E-state index in [1.54, 1.807) is 23.1 Å². The van der Waals surface area contributed by atoms with Gasteiger partial charge in [0.25, 0.3) is 5.91 Å². The van der Waals surface area contributed by atoms with Gasteiger partial charge in [-0.25, -0.2) is 0 Å². The molecule has 0 spiro atoms. The maximum atomic E-state index is 12.6. The van der Waals surface area contributed by atoms with Crippen molar-refractivity contribution in [1.29, 1.82) is 0 Å². The average Bonchev–Trinajstić information content (AvgIpc) is 2.53. The molecule has 2 N–H and O–H groups in total. The number of rotatable bonds is 5. The lowest BCUT2D eigenvalue weighted by Gasteiger charge is -2.21. The lowest BCUT2D eigenvalue weighted by atomic mass is 10.1. The molecule has 0 radical (unpaired) electrons. The van der Waals surface area contributed by atoms with E-state index in [0.29, 0.717) is 29.2 Å². The first-order chi connectivity index (χ1) is 10.1. The molecule has 0 bridgehead atoms. The van der Waals surface area contributed by atoms with Crippen LogP contribution in [0.2, 0.25) is 0 Å². The Hall–Kier alpha value is -2.20. The minimum Gasteiger partial charge on any atom is -0.389 e.